The number of nitrogens with zero attached hydrogens (tertiary/aromatic N) is 5. The zero-order chi connectivity index (χ0) is 19.8. The van der Waals surface area contributed by atoms with Crippen LogP contribution in [0.3, 0.4) is 0 Å². The van der Waals surface area contributed by atoms with Crippen molar-refractivity contribution in [3.63, 3.8) is 0 Å². The Morgan fingerprint density at radius 1 is 1.11 bits per heavy atom. The average Bonchev–Trinajstić information content (AvgIpc) is 3.09. The Bertz CT molecular complexity index is 1110. The Morgan fingerprint density at radius 3 is 2.43 bits per heavy atom. The number of hydrogen-bond donors (Lipinski definition) is 1. The third kappa shape index (κ3) is 3.22. The van der Waals surface area contributed by atoms with Gasteiger partial charge < -0.3 is 9.47 Å². The molecule has 148 valence electrons. The Labute approximate surface area is 160 Å². The number of anilines is 1. The van der Waals surface area contributed by atoms with Crippen LogP contribution in [0.4, 0.5) is 10.3 Å². The van der Waals surface area contributed by atoms with Crippen LogP contribution in [0.15, 0.2) is 33.9 Å². The Kier molecular flexibility index (Phi) is 4.76. The molecule has 1 aliphatic rings. The largest absolute Gasteiger partial charge is 0.340 e. The summed E-state index contributed by atoms with van der Waals surface area (Å²) in [4.78, 5) is 35.6. The molecule has 0 unspecified atom stereocenters. The van der Waals surface area contributed by atoms with Gasteiger partial charge >= 0.3 is 5.69 Å². The topological polar surface area (TPSA) is 79.2 Å². The van der Waals surface area contributed by atoms with Crippen molar-refractivity contribution < 1.29 is 4.39 Å². The molecule has 0 saturated carbocycles. The quantitative estimate of drug-likeness (QED) is 0.721. The maximum atomic E-state index is 13.1. The maximum absolute atomic E-state index is 13.1. The fourth-order valence-corrected chi connectivity index (χ4v) is 3.72. The first kappa shape index (κ1) is 18.4. The highest BCUT2D eigenvalue weighted by molar-refractivity contribution is 5.74. The van der Waals surface area contributed by atoms with Gasteiger partial charge in [-0.15, -0.1) is 0 Å². The van der Waals surface area contributed by atoms with Crippen molar-refractivity contribution in [3.05, 3.63) is 56.5 Å². The monoisotopic (exact) mass is 386 g/mol. The van der Waals surface area contributed by atoms with E-state index in [1.807, 2.05) is 23.6 Å². The second-order valence-electron chi connectivity index (χ2n) is 7.04. The number of nitrogens with one attached hydrogen (secondary N) is 1. The van der Waals surface area contributed by atoms with Gasteiger partial charge in [0.05, 0.1) is 0 Å². The van der Waals surface area contributed by atoms with Crippen LogP contribution in [0.5, 0.6) is 0 Å². The highest BCUT2D eigenvalue weighted by Crippen LogP contribution is 2.21. The molecule has 0 spiro atoms. The highest BCUT2D eigenvalue weighted by atomic mass is 19.1. The fourth-order valence-electron chi connectivity index (χ4n) is 3.72. The van der Waals surface area contributed by atoms with Gasteiger partial charge in [0.2, 0.25) is 5.95 Å². The smallest absolute Gasteiger partial charge is 0.329 e. The standard InChI is InChI=1S/C19H23FN6O2/c1-3-26-15-16(23(2)19(28)22-17(15)27)21-18(26)25-10-8-24(9-11-25)12-13-4-6-14(20)7-5-13/h4-7H,3,8-12H2,1-2H3,(H,22,27,28). The molecule has 4 rings (SSSR count). The molecule has 1 saturated heterocycles. The number of aryl methyl sites for hydroxylation is 2. The number of rotatable bonds is 4. The molecule has 0 aliphatic carbocycles. The molecule has 0 radical (unpaired) electrons. The highest BCUT2D eigenvalue weighted by Gasteiger charge is 2.24. The van der Waals surface area contributed by atoms with Crippen molar-refractivity contribution in [3.8, 4) is 0 Å². The van der Waals surface area contributed by atoms with E-state index in [1.165, 1.54) is 16.7 Å². The van der Waals surface area contributed by atoms with Crippen LogP contribution in [0.25, 0.3) is 11.2 Å². The van der Waals surface area contributed by atoms with E-state index in [1.54, 1.807) is 7.05 Å². The van der Waals surface area contributed by atoms with E-state index in [0.29, 0.717) is 23.7 Å². The van der Waals surface area contributed by atoms with Crippen LogP contribution in [0, 0.1) is 5.82 Å². The predicted octanol–water partition coefficient (Wildman–Crippen LogP) is 0.905. The summed E-state index contributed by atoms with van der Waals surface area (Å²) in [5, 5.41) is 0. The number of aromatic amines is 1. The zero-order valence-corrected chi connectivity index (χ0v) is 16.0. The minimum Gasteiger partial charge on any atom is -0.340 e. The Balaban J connectivity index is 1.56. The number of H-pyrrole nitrogens is 1. The van der Waals surface area contributed by atoms with E-state index >= 15 is 0 Å². The fraction of sp³-hybridized carbons (Fsp3) is 0.421. The predicted molar refractivity (Wildman–Crippen MR) is 105 cm³/mol. The first-order valence-corrected chi connectivity index (χ1v) is 9.39. The molecule has 3 aromatic rings. The van der Waals surface area contributed by atoms with Gasteiger partial charge in [-0.3, -0.25) is 19.2 Å². The van der Waals surface area contributed by atoms with Crippen LogP contribution >= 0.6 is 0 Å². The molecule has 1 N–H and O–H groups in total. The lowest BCUT2D eigenvalue weighted by molar-refractivity contribution is 0.248. The number of piperazine rings is 1. The van der Waals surface area contributed by atoms with Crippen molar-refractivity contribution in [2.24, 2.45) is 7.05 Å². The lowest BCUT2D eigenvalue weighted by Crippen LogP contribution is -2.46. The van der Waals surface area contributed by atoms with Gasteiger partial charge in [0.1, 0.15) is 5.82 Å². The summed E-state index contributed by atoms with van der Waals surface area (Å²) in [5.74, 6) is 0.488. The Hall–Kier alpha value is -2.94. The first-order valence-electron chi connectivity index (χ1n) is 9.39. The normalized spacial score (nSPS) is 15.5. The molecular formula is C19H23FN6O2. The minimum atomic E-state index is -0.464. The molecule has 0 bridgehead atoms. The van der Waals surface area contributed by atoms with Gasteiger partial charge in [0.25, 0.3) is 5.56 Å². The van der Waals surface area contributed by atoms with Gasteiger partial charge in [-0.2, -0.15) is 4.98 Å². The van der Waals surface area contributed by atoms with Crippen molar-refractivity contribution in [1.29, 1.82) is 0 Å². The van der Waals surface area contributed by atoms with Crippen molar-refractivity contribution >= 4 is 17.1 Å². The summed E-state index contributed by atoms with van der Waals surface area (Å²) < 4.78 is 16.3. The SMILES string of the molecule is CCn1c(N2CCN(Cc3ccc(F)cc3)CC2)nc2c1c(=O)[nH]c(=O)n2C. The molecule has 1 aliphatic heterocycles. The van der Waals surface area contributed by atoms with E-state index in [9.17, 15) is 14.0 Å². The maximum Gasteiger partial charge on any atom is 0.329 e. The van der Waals surface area contributed by atoms with Crippen LogP contribution in [0.2, 0.25) is 0 Å². The number of fused-ring (bicyclic) bond motifs is 1. The van der Waals surface area contributed by atoms with E-state index < -0.39 is 11.2 Å². The lowest BCUT2D eigenvalue weighted by Gasteiger charge is -2.35. The number of benzene rings is 1. The summed E-state index contributed by atoms with van der Waals surface area (Å²) in [6, 6.07) is 6.59. The average molecular weight is 386 g/mol. The molecule has 2 aromatic heterocycles. The van der Waals surface area contributed by atoms with E-state index in [4.69, 9.17) is 0 Å². The molecule has 8 nitrogen and oxygen atoms in total. The van der Waals surface area contributed by atoms with Gasteiger partial charge in [0, 0.05) is 46.3 Å². The molecule has 0 amide bonds. The molecule has 28 heavy (non-hydrogen) atoms. The number of aromatic nitrogens is 4. The summed E-state index contributed by atoms with van der Waals surface area (Å²) >= 11 is 0. The van der Waals surface area contributed by atoms with Crippen LogP contribution in [-0.4, -0.2) is 50.2 Å². The summed E-state index contributed by atoms with van der Waals surface area (Å²) in [5.41, 5.74) is 1.03. The van der Waals surface area contributed by atoms with Crippen molar-refractivity contribution in [1.82, 2.24) is 24.0 Å². The van der Waals surface area contributed by atoms with E-state index in [2.05, 4.69) is 19.8 Å². The molecule has 1 aromatic carbocycles. The van der Waals surface area contributed by atoms with Gasteiger partial charge in [0.15, 0.2) is 11.2 Å². The van der Waals surface area contributed by atoms with Crippen LogP contribution < -0.4 is 16.1 Å². The molecule has 0 atom stereocenters. The van der Waals surface area contributed by atoms with Crippen LogP contribution in [0.1, 0.15) is 12.5 Å². The van der Waals surface area contributed by atoms with Crippen molar-refractivity contribution in [2.45, 2.75) is 20.0 Å². The van der Waals surface area contributed by atoms with E-state index in [-0.39, 0.29) is 5.82 Å². The molecule has 9 heteroatoms. The number of hydrogen-bond acceptors (Lipinski definition) is 5. The summed E-state index contributed by atoms with van der Waals surface area (Å²) in [7, 11) is 1.61. The minimum absolute atomic E-state index is 0.226. The second-order valence-corrected chi connectivity index (χ2v) is 7.04. The summed E-state index contributed by atoms with van der Waals surface area (Å²) in [6.07, 6.45) is 0. The van der Waals surface area contributed by atoms with Crippen LogP contribution in [-0.2, 0) is 20.1 Å². The third-order valence-electron chi connectivity index (χ3n) is 5.28. The van der Waals surface area contributed by atoms with Gasteiger partial charge in [-0.05, 0) is 24.6 Å². The zero-order valence-electron chi connectivity index (χ0n) is 16.0. The number of imidazole rings is 1. The molecular weight excluding hydrogens is 363 g/mol. The lowest BCUT2D eigenvalue weighted by atomic mass is 10.2. The Morgan fingerprint density at radius 2 is 1.79 bits per heavy atom. The van der Waals surface area contributed by atoms with Crippen molar-refractivity contribution in [2.75, 3.05) is 31.1 Å². The third-order valence-corrected chi connectivity index (χ3v) is 5.28. The number of halogens is 1. The molecule has 3 heterocycles. The van der Waals surface area contributed by atoms with Gasteiger partial charge in [-0.25, -0.2) is 9.18 Å². The van der Waals surface area contributed by atoms with Gasteiger partial charge in [-0.1, -0.05) is 12.1 Å². The first-order chi connectivity index (χ1) is 13.5. The molecule has 1 fully saturated rings. The second kappa shape index (κ2) is 7.23. The summed E-state index contributed by atoms with van der Waals surface area (Å²) in [6.45, 7) is 6.50. The van der Waals surface area contributed by atoms with E-state index in [0.717, 1.165) is 38.3 Å².